The van der Waals surface area contributed by atoms with Crippen LogP contribution in [0, 0.1) is 17.8 Å². The van der Waals surface area contributed by atoms with Gasteiger partial charge in [0.1, 0.15) is 0 Å². The lowest BCUT2D eigenvalue weighted by atomic mass is 9.65. The molecule has 136 valence electrons. The zero-order valence-electron chi connectivity index (χ0n) is 15.1. The SMILES string of the molecule is NC1C2CCCC1CC(C(=O)NC1CCCN(c3ccccc3)C1)C2. The summed E-state index contributed by atoms with van der Waals surface area (Å²) >= 11 is 0. The number of amides is 1. The van der Waals surface area contributed by atoms with E-state index in [1.165, 1.54) is 24.9 Å². The lowest BCUT2D eigenvalue weighted by Crippen LogP contribution is -2.52. The van der Waals surface area contributed by atoms with Gasteiger partial charge in [-0.2, -0.15) is 0 Å². The summed E-state index contributed by atoms with van der Waals surface area (Å²) in [6.07, 6.45) is 7.96. The minimum absolute atomic E-state index is 0.183. The van der Waals surface area contributed by atoms with Crippen LogP contribution in [0.5, 0.6) is 0 Å². The molecule has 3 N–H and O–H groups in total. The first-order valence-corrected chi connectivity index (χ1v) is 10.1. The van der Waals surface area contributed by atoms with Crippen LogP contribution in [0.4, 0.5) is 5.69 Å². The van der Waals surface area contributed by atoms with Crippen molar-refractivity contribution >= 4 is 11.6 Å². The van der Waals surface area contributed by atoms with Crippen LogP contribution in [0.1, 0.15) is 44.9 Å². The Hall–Kier alpha value is -1.55. The summed E-state index contributed by atoms with van der Waals surface area (Å²) < 4.78 is 0. The molecular weight excluding hydrogens is 310 g/mol. The van der Waals surface area contributed by atoms with E-state index >= 15 is 0 Å². The second-order valence-corrected chi connectivity index (χ2v) is 8.33. The maximum Gasteiger partial charge on any atom is 0.223 e. The van der Waals surface area contributed by atoms with E-state index in [9.17, 15) is 4.79 Å². The van der Waals surface area contributed by atoms with Crippen molar-refractivity contribution in [3.05, 3.63) is 30.3 Å². The summed E-state index contributed by atoms with van der Waals surface area (Å²) in [5.41, 5.74) is 7.64. The van der Waals surface area contributed by atoms with Crippen LogP contribution in [0.15, 0.2) is 30.3 Å². The minimum Gasteiger partial charge on any atom is -0.369 e. The van der Waals surface area contributed by atoms with Crippen molar-refractivity contribution in [1.82, 2.24) is 5.32 Å². The second-order valence-electron chi connectivity index (χ2n) is 8.33. The fourth-order valence-corrected chi connectivity index (χ4v) is 5.29. The van der Waals surface area contributed by atoms with Crippen molar-refractivity contribution in [2.75, 3.05) is 18.0 Å². The molecule has 3 aliphatic rings. The lowest BCUT2D eigenvalue weighted by Gasteiger charge is -2.44. The summed E-state index contributed by atoms with van der Waals surface area (Å²) in [5, 5.41) is 3.37. The molecule has 1 aromatic rings. The van der Waals surface area contributed by atoms with E-state index in [1.807, 2.05) is 0 Å². The number of benzene rings is 1. The lowest BCUT2D eigenvalue weighted by molar-refractivity contribution is -0.128. The number of fused-ring (bicyclic) bond motifs is 2. The van der Waals surface area contributed by atoms with E-state index in [-0.39, 0.29) is 17.9 Å². The molecule has 25 heavy (non-hydrogen) atoms. The van der Waals surface area contributed by atoms with Gasteiger partial charge < -0.3 is 16.0 Å². The second kappa shape index (κ2) is 7.36. The number of nitrogens with two attached hydrogens (primary N) is 1. The molecular formula is C21H31N3O. The molecule has 1 aliphatic heterocycles. The molecule has 2 saturated carbocycles. The normalized spacial score (nSPS) is 35.2. The zero-order valence-corrected chi connectivity index (χ0v) is 15.1. The van der Waals surface area contributed by atoms with Gasteiger partial charge in [-0.05, 0) is 62.5 Å². The maximum absolute atomic E-state index is 12.9. The molecule has 3 unspecified atom stereocenters. The summed E-state index contributed by atoms with van der Waals surface area (Å²) in [6.45, 7) is 2.01. The van der Waals surface area contributed by atoms with Crippen LogP contribution in [-0.2, 0) is 4.79 Å². The predicted octanol–water partition coefficient (Wildman–Crippen LogP) is 2.93. The summed E-state index contributed by atoms with van der Waals surface area (Å²) in [6, 6.07) is 11.2. The molecule has 3 fully saturated rings. The Bertz CT molecular complexity index is 576. The molecule has 1 saturated heterocycles. The quantitative estimate of drug-likeness (QED) is 0.889. The first-order chi connectivity index (χ1) is 12.2. The fraction of sp³-hybridized carbons (Fsp3) is 0.667. The molecule has 2 bridgehead atoms. The Morgan fingerprint density at radius 1 is 1.04 bits per heavy atom. The summed E-state index contributed by atoms with van der Waals surface area (Å²) in [4.78, 5) is 15.3. The van der Waals surface area contributed by atoms with Gasteiger partial charge in [0, 0.05) is 36.8 Å². The van der Waals surface area contributed by atoms with Crippen LogP contribution in [-0.4, -0.2) is 31.1 Å². The molecule has 4 heteroatoms. The number of hydrogen-bond acceptors (Lipinski definition) is 3. The van der Waals surface area contributed by atoms with Crippen molar-refractivity contribution in [1.29, 1.82) is 0 Å². The van der Waals surface area contributed by atoms with Gasteiger partial charge in [0.2, 0.25) is 5.91 Å². The third-order valence-corrected chi connectivity index (χ3v) is 6.67. The Balaban J connectivity index is 1.34. The number of nitrogens with one attached hydrogen (secondary N) is 1. The highest BCUT2D eigenvalue weighted by molar-refractivity contribution is 5.79. The molecule has 0 radical (unpaired) electrons. The van der Waals surface area contributed by atoms with Gasteiger partial charge in [-0.25, -0.2) is 0 Å². The Kier molecular flexibility index (Phi) is 4.98. The van der Waals surface area contributed by atoms with Crippen LogP contribution in [0.2, 0.25) is 0 Å². The third-order valence-electron chi connectivity index (χ3n) is 6.67. The topological polar surface area (TPSA) is 58.4 Å². The Morgan fingerprint density at radius 3 is 2.48 bits per heavy atom. The first kappa shape index (κ1) is 16.9. The number of nitrogens with zero attached hydrogens (tertiary/aromatic N) is 1. The molecule has 0 spiro atoms. The van der Waals surface area contributed by atoms with E-state index in [0.29, 0.717) is 17.9 Å². The minimum atomic E-state index is 0.183. The van der Waals surface area contributed by atoms with Gasteiger partial charge in [-0.3, -0.25) is 4.79 Å². The number of anilines is 1. The largest absolute Gasteiger partial charge is 0.369 e. The van der Waals surface area contributed by atoms with Crippen LogP contribution in [0.25, 0.3) is 0 Å². The van der Waals surface area contributed by atoms with Gasteiger partial charge in [0.05, 0.1) is 0 Å². The number of para-hydroxylation sites is 1. The molecule has 4 nitrogen and oxygen atoms in total. The van der Waals surface area contributed by atoms with Gasteiger partial charge in [0.25, 0.3) is 0 Å². The predicted molar refractivity (Wildman–Crippen MR) is 101 cm³/mol. The molecule has 2 aliphatic carbocycles. The highest BCUT2D eigenvalue weighted by atomic mass is 16.2. The number of carbonyl (C=O) groups excluding carboxylic acids is 1. The Morgan fingerprint density at radius 2 is 1.76 bits per heavy atom. The zero-order chi connectivity index (χ0) is 17.2. The number of piperidine rings is 1. The van der Waals surface area contributed by atoms with Crippen molar-refractivity contribution < 1.29 is 4.79 Å². The van der Waals surface area contributed by atoms with E-state index < -0.39 is 0 Å². The average molecular weight is 341 g/mol. The maximum atomic E-state index is 12.9. The standard InChI is InChI=1S/C21H31N3O/c22-20-15-6-4-7-16(20)13-17(12-15)21(25)23-18-8-5-11-24(14-18)19-9-2-1-3-10-19/h1-3,9-10,15-18,20H,4-8,11-14,22H2,(H,23,25). The van der Waals surface area contributed by atoms with Gasteiger partial charge in [0.15, 0.2) is 0 Å². The van der Waals surface area contributed by atoms with E-state index in [2.05, 4.69) is 40.5 Å². The Labute approximate surface area is 151 Å². The van der Waals surface area contributed by atoms with Crippen LogP contribution < -0.4 is 16.0 Å². The molecule has 0 aromatic heterocycles. The van der Waals surface area contributed by atoms with Crippen LogP contribution >= 0.6 is 0 Å². The van der Waals surface area contributed by atoms with Crippen molar-refractivity contribution in [2.45, 2.75) is 57.0 Å². The van der Waals surface area contributed by atoms with Crippen molar-refractivity contribution in [3.63, 3.8) is 0 Å². The highest BCUT2D eigenvalue weighted by Crippen LogP contribution is 2.42. The molecule has 1 amide bonds. The molecule has 1 aromatic carbocycles. The summed E-state index contributed by atoms with van der Waals surface area (Å²) in [5.74, 6) is 1.59. The van der Waals surface area contributed by atoms with Gasteiger partial charge in [-0.1, -0.05) is 24.6 Å². The summed E-state index contributed by atoms with van der Waals surface area (Å²) in [7, 11) is 0. The third kappa shape index (κ3) is 3.69. The van der Waals surface area contributed by atoms with Gasteiger partial charge in [-0.15, -0.1) is 0 Å². The van der Waals surface area contributed by atoms with Gasteiger partial charge >= 0.3 is 0 Å². The first-order valence-electron chi connectivity index (χ1n) is 10.1. The molecule has 1 heterocycles. The van der Waals surface area contributed by atoms with Crippen molar-refractivity contribution in [3.8, 4) is 0 Å². The monoisotopic (exact) mass is 341 g/mol. The van der Waals surface area contributed by atoms with E-state index in [0.717, 1.165) is 38.8 Å². The smallest absolute Gasteiger partial charge is 0.223 e. The fourth-order valence-electron chi connectivity index (χ4n) is 5.29. The molecule has 3 atom stereocenters. The number of rotatable bonds is 3. The average Bonchev–Trinajstić information content (AvgIpc) is 2.62. The number of carbonyl (C=O) groups is 1. The van der Waals surface area contributed by atoms with Crippen LogP contribution in [0.3, 0.4) is 0 Å². The van der Waals surface area contributed by atoms with E-state index in [4.69, 9.17) is 5.73 Å². The highest BCUT2D eigenvalue weighted by Gasteiger charge is 2.40. The number of hydrogen-bond donors (Lipinski definition) is 2. The molecule has 4 rings (SSSR count). The van der Waals surface area contributed by atoms with E-state index in [1.54, 1.807) is 0 Å². The van der Waals surface area contributed by atoms with Crippen molar-refractivity contribution in [2.24, 2.45) is 23.5 Å².